The summed E-state index contributed by atoms with van der Waals surface area (Å²) >= 11 is 0. The van der Waals surface area contributed by atoms with Gasteiger partial charge in [-0.3, -0.25) is 4.79 Å². The maximum atomic E-state index is 11.2. The summed E-state index contributed by atoms with van der Waals surface area (Å²) in [6.07, 6.45) is -0.716. The van der Waals surface area contributed by atoms with Crippen molar-refractivity contribution in [1.82, 2.24) is 5.32 Å². The molecule has 104 valence electrons. The first-order valence-corrected chi connectivity index (χ1v) is 6.20. The van der Waals surface area contributed by atoms with Gasteiger partial charge in [0.15, 0.2) is 0 Å². The van der Waals surface area contributed by atoms with Crippen molar-refractivity contribution in [3.63, 3.8) is 0 Å². The minimum atomic E-state index is -0.954. The van der Waals surface area contributed by atoms with Crippen molar-refractivity contribution in [3.05, 3.63) is 35.4 Å². The molecule has 1 amide bonds. The summed E-state index contributed by atoms with van der Waals surface area (Å²) in [4.78, 5) is 21.5. The molecule has 1 aromatic rings. The van der Waals surface area contributed by atoms with E-state index in [1.807, 2.05) is 24.3 Å². The van der Waals surface area contributed by atoms with Crippen molar-refractivity contribution in [2.45, 2.75) is 32.8 Å². The topological polar surface area (TPSA) is 75.6 Å². The second-order valence-electron chi connectivity index (χ2n) is 4.54. The van der Waals surface area contributed by atoms with E-state index in [1.165, 1.54) is 5.56 Å². The quantitative estimate of drug-likeness (QED) is 0.828. The number of carboxylic acids is 1. The summed E-state index contributed by atoms with van der Waals surface area (Å²) in [7, 11) is 0. The lowest BCUT2D eigenvalue weighted by atomic mass is 10.0. The number of aliphatic carboxylic acids is 1. The van der Waals surface area contributed by atoms with E-state index < -0.39 is 12.1 Å². The third-order valence-corrected chi connectivity index (χ3v) is 2.62. The van der Waals surface area contributed by atoms with Crippen LogP contribution in [0.4, 0.5) is 4.79 Å². The molecule has 0 aromatic heterocycles. The van der Waals surface area contributed by atoms with Gasteiger partial charge in [-0.1, -0.05) is 38.1 Å². The number of carboxylic acid groups (broad SMARTS) is 1. The van der Waals surface area contributed by atoms with Crippen molar-refractivity contribution >= 4 is 12.1 Å². The van der Waals surface area contributed by atoms with Gasteiger partial charge in [-0.25, -0.2) is 4.79 Å². The molecule has 2 N–H and O–H groups in total. The largest absolute Gasteiger partial charge is 0.481 e. The Balaban J connectivity index is 2.31. The van der Waals surface area contributed by atoms with Crippen LogP contribution in [0.1, 0.15) is 37.3 Å². The van der Waals surface area contributed by atoms with Crippen LogP contribution in [0.3, 0.4) is 0 Å². The van der Waals surface area contributed by atoms with Crippen LogP contribution < -0.4 is 5.32 Å². The maximum absolute atomic E-state index is 11.2. The molecule has 0 fully saturated rings. The first kappa shape index (κ1) is 15.0. The van der Waals surface area contributed by atoms with Crippen LogP contribution in [0, 0.1) is 0 Å². The summed E-state index contributed by atoms with van der Waals surface area (Å²) in [5, 5.41) is 10.8. The fourth-order valence-electron chi connectivity index (χ4n) is 1.47. The van der Waals surface area contributed by atoms with Gasteiger partial charge in [-0.05, 0) is 17.0 Å². The highest BCUT2D eigenvalue weighted by atomic mass is 16.5. The molecule has 0 unspecified atom stereocenters. The molecule has 1 rings (SSSR count). The Morgan fingerprint density at radius 2 is 1.89 bits per heavy atom. The molecule has 5 heteroatoms. The predicted molar refractivity (Wildman–Crippen MR) is 71.0 cm³/mol. The van der Waals surface area contributed by atoms with E-state index in [0.29, 0.717) is 5.92 Å². The normalized spacial score (nSPS) is 10.3. The fraction of sp³-hybridized carbons (Fsp3) is 0.429. The lowest BCUT2D eigenvalue weighted by Gasteiger charge is -2.08. The highest BCUT2D eigenvalue weighted by Crippen LogP contribution is 2.14. The zero-order valence-electron chi connectivity index (χ0n) is 11.2. The van der Waals surface area contributed by atoms with Crippen molar-refractivity contribution in [3.8, 4) is 0 Å². The van der Waals surface area contributed by atoms with E-state index in [0.717, 1.165) is 5.56 Å². The lowest BCUT2D eigenvalue weighted by molar-refractivity contribution is -0.136. The molecule has 5 nitrogen and oxygen atoms in total. The van der Waals surface area contributed by atoms with Crippen LogP contribution in [0.2, 0.25) is 0 Å². The van der Waals surface area contributed by atoms with Gasteiger partial charge in [0.05, 0.1) is 6.42 Å². The molecular formula is C14H19NO4. The third kappa shape index (κ3) is 5.90. The maximum Gasteiger partial charge on any atom is 0.407 e. The van der Waals surface area contributed by atoms with Crippen molar-refractivity contribution in [1.29, 1.82) is 0 Å². The fourth-order valence-corrected chi connectivity index (χ4v) is 1.47. The number of hydrogen-bond donors (Lipinski definition) is 2. The molecule has 19 heavy (non-hydrogen) atoms. The van der Waals surface area contributed by atoms with E-state index >= 15 is 0 Å². The summed E-state index contributed by atoms with van der Waals surface area (Å²) in [5.74, 6) is -0.487. The van der Waals surface area contributed by atoms with Crippen LogP contribution in [0.25, 0.3) is 0 Å². The average molecular weight is 265 g/mol. The Kier molecular flexibility index (Phi) is 5.85. The first-order valence-electron chi connectivity index (χ1n) is 6.20. The van der Waals surface area contributed by atoms with Crippen LogP contribution in [0.15, 0.2) is 24.3 Å². The van der Waals surface area contributed by atoms with E-state index in [4.69, 9.17) is 9.84 Å². The van der Waals surface area contributed by atoms with Gasteiger partial charge in [0.25, 0.3) is 0 Å². The van der Waals surface area contributed by atoms with Gasteiger partial charge >= 0.3 is 12.1 Å². The minimum Gasteiger partial charge on any atom is -0.481 e. The van der Waals surface area contributed by atoms with Gasteiger partial charge in [0, 0.05) is 6.54 Å². The van der Waals surface area contributed by atoms with E-state index in [9.17, 15) is 9.59 Å². The van der Waals surface area contributed by atoms with Crippen LogP contribution in [0.5, 0.6) is 0 Å². The molecule has 0 heterocycles. The molecule has 1 aromatic carbocycles. The zero-order chi connectivity index (χ0) is 14.3. The summed E-state index contributed by atoms with van der Waals surface area (Å²) < 4.78 is 4.97. The van der Waals surface area contributed by atoms with Gasteiger partial charge in [0.2, 0.25) is 0 Å². The Hall–Kier alpha value is -2.04. The molecule has 0 saturated heterocycles. The molecule has 0 atom stereocenters. The van der Waals surface area contributed by atoms with Crippen LogP contribution >= 0.6 is 0 Å². The van der Waals surface area contributed by atoms with E-state index in [-0.39, 0.29) is 19.6 Å². The van der Waals surface area contributed by atoms with Gasteiger partial charge < -0.3 is 15.2 Å². The predicted octanol–water partition coefficient (Wildman–Crippen LogP) is 2.51. The highest BCUT2D eigenvalue weighted by molar-refractivity contribution is 5.70. The van der Waals surface area contributed by atoms with E-state index in [2.05, 4.69) is 19.2 Å². The summed E-state index contributed by atoms with van der Waals surface area (Å²) in [6, 6.07) is 7.84. The Labute approximate surface area is 112 Å². The summed E-state index contributed by atoms with van der Waals surface area (Å²) in [6.45, 7) is 4.47. The third-order valence-electron chi connectivity index (χ3n) is 2.62. The lowest BCUT2D eigenvalue weighted by Crippen LogP contribution is -2.26. The number of hydrogen-bond acceptors (Lipinski definition) is 3. The number of ether oxygens (including phenoxy) is 1. The van der Waals surface area contributed by atoms with Gasteiger partial charge in [-0.15, -0.1) is 0 Å². The molecule has 0 aliphatic rings. The number of carbonyl (C=O) groups is 2. The SMILES string of the molecule is CC(C)c1ccc(COC(=O)NCCC(=O)O)cc1. The van der Waals surface area contributed by atoms with Crippen molar-refractivity contribution in [2.24, 2.45) is 0 Å². The second-order valence-corrected chi connectivity index (χ2v) is 4.54. The minimum absolute atomic E-state index is 0.0699. The molecule has 0 radical (unpaired) electrons. The monoisotopic (exact) mass is 265 g/mol. The molecule has 0 aliphatic heterocycles. The van der Waals surface area contributed by atoms with Gasteiger partial charge in [0.1, 0.15) is 6.61 Å². The number of amides is 1. The Morgan fingerprint density at radius 1 is 1.26 bits per heavy atom. The standard InChI is InChI=1S/C14H19NO4/c1-10(2)12-5-3-11(4-6-12)9-19-14(18)15-8-7-13(16)17/h3-6,10H,7-9H2,1-2H3,(H,15,18)(H,16,17). The van der Waals surface area contributed by atoms with Crippen LogP contribution in [-0.4, -0.2) is 23.7 Å². The number of carbonyl (C=O) groups excluding carboxylic acids is 1. The molecule has 0 bridgehead atoms. The molecular weight excluding hydrogens is 246 g/mol. The summed E-state index contributed by atoms with van der Waals surface area (Å²) in [5.41, 5.74) is 2.13. The Bertz CT molecular complexity index is 426. The number of nitrogens with one attached hydrogen (secondary N) is 1. The molecule has 0 spiro atoms. The zero-order valence-corrected chi connectivity index (χ0v) is 11.2. The average Bonchev–Trinajstić information content (AvgIpc) is 2.36. The number of alkyl carbamates (subject to hydrolysis) is 1. The molecule has 0 aliphatic carbocycles. The molecule has 0 saturated carbocycles. The van der Waals surface area contributed by atoms with Gasteiger partial charge in [-0.2, -0.15) is 0 Å². The van der Waals surface area contributed by atoms with Crippen molar-refractivity contribution in [2.75, 3.05) is 6.54 Å². The Morgan fingerprint density at radius 3 is 2.42 bits per heavy atom. The highest BCUT2D eigenvalue weighted by Gasteiger charge is 2.04. The number of rotatable bonds is 6. The first-order chi connectivity index (χ1) is 8.99. The smallest absolute Gasteiger partial charge is 0.407 e. The second kappa shape index (κ2) is 7.41. The van der Waals surface area contributed by atoms with E-state index in [1.54, 1.807) is 0 Å². The van der Waals surface area contributed by atoms with Crippen molar-refractivity contribution < 1.29 is 19.4 Å². The number of benzene rings is 1. The van der Waals surface area contributed by atoms with Crippen LogP contribution in [-0.2, 0) is 16.1 Å².